The average Bonchev–Trinajstić information content (AvgIpc) is 3.73. The summed E-state index contributed by atoms with van der Waals surface area (Å²) in [7, 11) is 0. The van der Waals surface area contributed by atoms with E-state index >= 15 is 0 Å². The minimum atomic E-state index is 0.965. The number of benzene rings is 6. The summed E-state index contributed by atoms with van der Waals surface area (Å²) in [6.45, 7) is 0. The summed E-state index contributed by atoms with van der Waals surface area (Å²) in [5, 5.41) is 7.25. The third-order valence-electron chi connectivity index (χ3n) is 9.00. The fourth-order valence-corrected chi connectivity index (χ4v) is 7.30. The van der Waals surface area contributed by atoms with Gasteiger partial charge in [-0.05, 0) is 47.9 Å². The van der Waals surface area contributed by atoms with E-state index in [0.29, 0.717) is 0 Å². The SMILES string of the molecule is c1ccc(-n2c3ccccc3c3c(-n4c5ccccc5c5c4nc4c6ccccc6c6ccccc6n45)cccc32)cc1. The number of hydrogen-bond donors (Lipinski definition) is 0. The van der Waals surface area contributed by atoms with Gasteiger partial charge >= 0.3 is 0 Å². The lowest BCUT2D eigenvalue weighted by molar-refractivity contribution is 1.16. The number of rotatable bonds is 2. The number of para-hydroxylation sites is 4. The molecule has 6 aromatic carbocycles. The summed E-state index contributed by atoms with van der Waals surface area (Å²) in [5.74, 6) is 0. The molecule has 10 rings (SSSR count). The molecule has 43 heavy (non-hydrogen) atoms. The fraction of sp³-hybridized carbons (Fsp3) is 0. The van der Waals surface area contributed by atoms with E-state index in [0.717, 1.165) is 39.1 Å². The summed E-state index contributed by atoms with van der Waals surface area (Å²) in [5.41, 5.74) is 10.0. The second-order valence-electron chi connectivity index (χ2n) is 11.2. The molecule has 0 aliphatic carbocycles. The standard InChI is InChI=1S/C39H24N4/c1-2-13-25(14-3-1)41-32-21-10-7-18-29(32)36-34(41)23-12-24-35(36)42-33-22-11-8-19-30(33)37-39(42)40-38-28-17-5-4-15-26(28)27-16-6-9-20-31(27)43(37)38/h1-24H. The van der Waals surface area contributed by atoms with Crippen molar-refractivity contribution in [1.29, 1.82) is 0 Å². The number of aromatic nitrogens is 4. The van der Waals surface area contributed by atoms with Crippen molar-refractivity contribution in [2.24, 2.45) is 0 Å². The maximum atomic E-state index is 5.48. The van der Waals surface area contributed by atoms with Crippen LogP contribution in [-0.2, 0) is 0 Å². The van der Waals surface area contributed by atoms with Crippen LogP contribution in [0.15, 0.2) is 146 Å². The summed E-state index contributed by atoms with van der Waals surface area (Å²) in [6, 6.07) is 52.1. The van der Waals surface area contributed by atoms with Gasteiger partial charge in [-0.1, -0.05) is 103 Å². The lowest BCUT2D eigenvalue weighted by Gasteiger charge is -2.10. The van der Waals surface area contributed by atoms with Gasteiger partial charge in [0.25, 0.3) is 0 Å². The Morgan fingerprint density at radius 1 is 0.372 bits per heavy atom. The van der Waals surface area contributed by atoms with Crippen LogP contribution in [0.1, 0.15) is 0 Å². The highest BCUT2D eigenvalue weighted by Crippen LogP contribution is 2.41. The Hall–Kier alpha value is -5.87. The molecule has 0 saturated carbocycles. The molecule has 4 heteroatoms. The molecule has 0 fully saturated rings. The van der Waals surface area contributed by atoms with Crippen molar-refractivity contribution in [3.63, 3.8) is 0 Å². The van der Waals surface area contributed by atoms with E-state index in [2.05, 4.69) is 159 Å². The van der Waals surface area contributed by atoms with Gasteiger partial charge in [0.2, 0.25) is 0 Å². The molecule has 0 N–H and O–H groups in total. The van der Waals surface area contributed by atoms with Crippen LogP contribution >= 0.6 is 0 Å². The summed E-state index contributed by atoms with van der Waals surface area (Å²) < 4.78 is 7.13. The van der Waals surface area contributed by atoms with Crippen molar-refractivity contribution in [3.8, 4) is 11.4 Å². The molecule has 0 amide bonds. The highest BCUT2D eigenvalue weighted by atomic mass is 15.1. The molecule has 4 nitrogen and oxygen atoms in total. The zero-order chi connectivity index (χ0) is 28.1. The van der Waals surface area contributed by atoms with Crippen LogP contribution in [0, 0.1) is 0 Å². The quantitative estimate of drug-likeness (QED) is 0.198. The molecule has 10 aromatic rings. The maximum Gasteiger partial charge on any atom is 0.165 e. The smallest absolute Gasteiger partial charge is 0.165 e. The highest BCUT2D eigenvalue weighted by molar-refractivity contribution is 6.19. The van der Waals surface area contributed by atoms with Gasteiger partial charge < -0.3 is 4.57 Å². The molecule has 0 atom stereocenters. The summed E-state index contributed by atoms with van der Waals surface area (Å²) in [6.07, 6.45) is 0. The molecule has 200 valence electrons. The number of pyridine rings is 1. The molecular formula is C39H24N4. The van der Waals surface area contributed by atoms with Crippen molar-refractivity contribution >= 4 is 71.2 Å². The Balaban J connectivity index is 1.43. The maximum absolute atomic E-state index is 5.48. The predicted octanol–water partition coefficient (Wildman–Crippen LogP) is 9.83. The number of imidazole rings is 1. The average molecular weight is 549 g/mol. The van der Waals surface area contributed by atoms with Crippen LogP contribution in [0.3, 0.4) is 0 Å². The molecular weight excluding hydrogens is 524 g/mol. The van der Waals surface area contributed by atoms with Crippen LogP contribution in [0.4, 0.5) is 0 Å². The number of fused-ring (bicyclic) bond motifs is 13. The first kappa shape index (κ1) is 22.8. The molecule has 0 bridgehead atoms. The molecule has 0 aliphatic heterocycles. The zero-order valence-corrected chi connectivity index (χ0v) is 23.1. The second kappa shape index (κ2) is 8.34. The first-order chi connectivity index (χ1) is 21.4. The van der Waals surface area contributed by atoms with Gasteiger partial charge in [0.1, 0.15) is 11.2 Å². The third kappa shape index (κ3) is 2.92. The summed E-state index contributed by atoms with van der Waals surface area (Å²) in [4.78, 5) is 5.48. The molecule has 0 spiro atoms. The van der Waals surface area contributed by atoms with Gasteiger partial charge in [-0.25, -0.2) is 4.98 Å². The van der Waals surface area contributed by atoms with Crippen molar-refractivity contribution in [1.82, 2.24) is 18.5 Å². The topological polar surface area (TPSA) is 27.2 Å². The first-order valence-electron chi connectivity index (χ1n) is 14.7. The van der Waals surface area contributed by atoms with E-state index in [1.807, 2.05) is 0 Å². The van der Waals surface area contributed by atoms with Gasteiger partial charge in [0.05, 0.1) is 27.8 Å². The lowest BCUT2D eigenvalue weighted by atomic mass is 10.1. The molecule has 0 saturated heterocycles. The third-order valence-corrected chi connectivity index (χ3v) is 9.00. The van der Waals surface area contributed by atoms with E-state index in [-0.39, 0.29) is 0 Å². The Labute approximate surface area is 246 Å². The lowest BCUT2D eigenvalue weighted by Crippen LogP contribution is -1.97. The van der Waals surface area contributed by atoms with Gasteiger partial charge in [-0.2, -0.15) is 0 Å². The monoisotopic (exact) mass is 548 g/mol. The van der Waals surface area contributed by atoms with Crippen molar-refractivity contribution in [2.75, 3.05) is 0 Å². The van der Waals surface area contributed by atoms with Crippen molar-refractivity contribution in [3.05, 3.63) is 146 Å². The van der Waals surface area contributed by atoms with Gasteiger partial charge in [-0.15, -0.1) is 0 Å². The Bertz CT molecular complexity index is 2720. The van der Waals surface area contributed by atoms with E-state index in [4.69, 9.17) is 4.98 Å². The molecule has 0 aliphatic rings. The van der Waals surface area contributed by atoms with Gasteiger partial charge in [-0.3, -0.25) is 8.97 Å². The molecule has 4 heterocycles. The first-order valence-corrected chi connectivity index (χ1v) is 14.7. The normalized spacial score (nSPS) is 12.2. The van der Waals surface area contributed by atoms with E-state index < -0.39 is 0 Å². The number of nitrogens with zero attached hydrogens (tertiary/aromatic N) is 4. The van der Waals surface area contributed by atoms with Crippen LogP contribution in [0.2, 0.25) is 0 Å². The Kier molecular flexibility index (Phi) is 4.42. The van der Waals surface area contributed by atoms with Crippen LogP contribution in [0.25, 0.3) is 82.6 Å². The molecule has 0 radical (unpaired) electrons. The molecule has 0 unspecified atom stereocenters. The minimum Gasteiger partial charge on any atom is -0.309 e. The minimum absolute atomic E-state index is 0.965. The van der Waals surface area contributed by atoms with E-state index in [1.165, 1.54) is 43.5 Å². The zero-order valence-electron chi connectivity index (χ0n) is 23.1. The Morgan fingerprint density at radius 3 is 1.74 bits per heavy atom. The van der Waals surface area contributed by atoms with Gasteiger partial charge in [0.15, 0.2) is 5.65 Å². The fourth-order valence-electron chi connectivity index (χ4n) is 7.30. The van der Waals surface area contributed by atoms with Crippen LogP contribution < -0.4 is 0 Å². The van der Waals surface area contributed by atoms with Crippen molar-refractivity contribution < 1.29 is 0 Å². The van der Waals surface area contributed by atoms with Crippen LogP contribution in [0.5, 0.6) is 0 Å². The van der Waals surface area contributed by atoms with Crippen LogP contribution in [-0.4, -0.2) is 18.5 Å². The largest absolute Gasteiger partial charge is 0.309 e. The van der Waals surface area contributed by atoms with Crippen molar-refractivity contribution in [2.45, 2.75) is 0 Å². The second-order valence-corrected chi connectivity index (χ2v) is 11.2. The van der Waals surface area contributed by atoms with E-state index in [9.17, 15) is 0 Å². The molecule has 4 aromatic heterocycles. The van der Waals surface area contributed by atoms with Gasteiger partial charge in [0, 0.05) is 32.6 Å². The van der Waals surface area contributed by atoms with E-state index in [1.54, 1.807) is 0 Å². The highest BCUT2D eigenvalue weighted by Gasteiger charge is 2.23. The Morgan fingerprint density at radius 2 is 0.953 bits per heavy atom. The summed E-state index contributed by atoms with van der Waals surface area (Å²) >= 11 is 0. The predicted molar refractivity (Wildman–Crippen MR) is 179 cm³/mol. The number of hydrogen-bond acceptors (Lipinski definition) is 1.